The molecule has 7 heteroatoms. The summed E-state index contributed by atoms with van der Waals surface area (Å²) >= 11 is 0. The van der Waals surface area contributed by atoms with Crippen LogP contribution in [-0.2, 0) is 6.54 Å². The standard InChI is InChI=1S/C15H19N3O4/c19-9-1-6-18-12-10-11(2-3-13(12)22-15(18)21)14(20)17-7-4-16-5-8-17/h2-3,10,16,19H,1,4-9H2. The van der Waals surface area contributed by atoms with Gasteiger partial charge >= 0.3 is 5.76 Å². The minimum Gasteiger partial charge on any atom is -0.408 e. The summed E-state index contributed by atoms with van der Waals surface area (Å²) in [4.78, 5) is 26.2. The van der Waals surface area contributed by atoms with E-state index in [1.54, 1.807) is 23.1 Å². The third-order valence-electron chi connectivity index (χ3n) is 3.86. The molecule has 1 saturated heterocycles. The van der Waals surface area contributed by atoms with Gasteiger partial charge < -0.3 is 19.7 Å². The first kappa shape index (κ1) is 14.8. The Morgan fingerprint density at radius 1 is 1.32 bits per heavy atom. The van der Waals surface area contributed by atoms with Crippen molar-refractivity contribution in [1.29, 1.82) is 0 Å². The summed E-state index contributed by atoms with van der Waals surface area (Å²) in [6, 6.07) is 5.04. The van der Waals surface area contributed by atoms with Crippen LogP contribution in [0.25, 0.3) is 11.1 Å². The number of carbonyl (C=O) groups excluding carboxylic acids is 1. The fourth-order valence-corrected chi connectivity index (χ4v) is 2.69. The van der Waals surface area contributed by atoms with E-state index in [1.165, 1.54) is 4.57 Å². The molecule has 1 amide bonds. The molecule has 1 aromatic heterocycles. The zero-order chi connectivity index (χ0) is 15.5. The number of piperazine rings is 1. The molecule has 1 aliphatic rings. The minimum absolute atomic E-state index is 0.00148. The van der Waals surface area contributed by atoms with Crippen molar-refractivity contribution >= 4 is 17.0 Å². The van der Waals surface area contributed by atoms with E-state index in [0.29, 0.717) is 42.7 Å². The second-order valence-corrected chi connectivity index (χ2v) is 5.32. The molecule has 0 radical (unpaired) electrons. The number of benzene rings is 1. The molecule has 0 bridgehead atoms. The quantitative estimate of drug-likeness (QED) is 0.831. The zero-order valence-electron chi connectivity index (χ0n) is 12.2. The molecule has 0 spiro atoms. The first-order valence-electron chi connectivity index (χ1n) is 7.45. The molecule has 1 fully saturated rings. The monoisotopic (exact) mass is 305 g/mol. The van der Waals surface area contributed by atoms with Crippen LogP contribution in [0, 0.1) is 0 Å². The lowest BCUT2D eigenvalue weighted by Gasteiger charge is -2.27. The number of aromatic nitrogens is 1. The summed E-state index contributed by atoms with van der Waals surface area (Å²) in [5.41, 5.74) is 1.60. The average molecular weight is 305 g/mol. The van der Waals surface area contributed by atoms with Gasteiger partial charge in [0.2, 0.25) is 0 Å². The molecule has 3 rings (SSSR count). The number of hydrogen-bond acceptors (Lipinski definition) is 5. The molecule has 22 heavy (non-hydrogen) atoms. The van der Waals surface area contributed by atoms with E-state index in [9.17, 15) is 9.59 Å². The molecule has 0 atom stereocenters. The summed E-state index contributed by atoms with van der Waals surface area (Å²) in [6.07, 6.45) is 0.463. The van der Waals surface area contributed by atoms with Gasteiger partial charge in [0.1, 0.15) is 0 Å². The second-order valence-electron chi connectivity index (χ2n) is 5.32. The maximum Gasteiger partial charge on any atom is 0.419 e. The number of aryl methyl sites for hydroxylation is 1. The molecule has 0 aliphatic carbocycles. The number of fused-ring (bicyclic) bond motifs is 1. The van der Waals surface area contributed by atoms with Crippen LogP contribution in [0.15, 0.2) is 27.4 Å². The topological polar surface area (TPSA) is 87.7 Å². The maximum atomic E-state index is 12.5. The van der Waals surface area contributed by atoms with Crippen molar-refractivity contribution in [3.05, 3.63) is 34.3 Å². The van der Waals surface area contributed by atoms with E-state index in [0.717, 1.165) is 13.1 Å². The molecule has 0 unspecified atom stereocenters. The van der Waals surface area contributed by atoms with Gasteiger partial charge in [-0.1, -0.05) is 0 Å². The van der Waals surface area contributed by atoms with E-state index < -0.39 is 5.76 Å². The average Bonchev–Trinajstić information content (AvgIpc) is 2.87. The molecule has 0 saturated carbocycles. The summed E-state index contributed by atoms with van der Waals surface area (Å²) in [5, 5.41) is 12.1. The normalized spacial score (nSPS) is 15.4. The Labute approximate surface area is 127 Å². The Morgan fingerprint density at radius 3 is 2.82 bits per heavy atom. The third-order valence-corrected chi connectivity index (χ3v) is 3.86. The highest BCUT2D eigenvalue weighted by Gasteiger charge is 2.19. The molecule has 2 heterocycles. The van der Waals surface area contributed by atoms with Gasteiger partial charge in [0, 0.05) is 44.9 Å². The van der Waals surface area contributed by atoms with E-state index in [2.05, 4.69) is 5.32 Å². The summed E-state index contributed by atoms with van der Waals surface area (Å²) in [6.45, 7) is 3.31. The van der Waals surface area contributed by atoms with Gasteiger partial charge in [-0.15, -0.1) is 0 Å². The molecule has 118 valence electrons. The third kappa shape index (κ3) is 2.77. The molecule has 2 aromatic rings. The predicted octanol–water partition coefficient (Wildman–Crippen LogP) is 0.0223. The predicted molar refractivity (Wildman–Crippen MR) is 81.0 cm³/mol. The fourth-order valence-electron chi connectivity index (χ4n) is 2.69. The molecular formula is C15H19N3O4. The smallest absolute Gasteiger partial charge is 0.408 e. The van der Waals surface area contributed by atoms with Gasteiger partial charge in [0.15, 0.2) is 5.58 Å². The number of amides is 1. The Morgan fingerprint density at radius 2 is 2.09 bits per heavy atom. The van der Waals surface area contributed by atoms with Gasteiger partial charge in [-0.2, -0.15) is 0 Å². The van der Waals surface area contributed by atoms with E-state index >= 15 is 0 Å². The first-order valence-corrected chi connectivity index (χ1v) is 7.45. The van der Waals surface area contributed by atoms with Crippen LogP contribution in [0.4, 0.5) is 0 Å². The number of aliphatic hydroxyl groups excluding tert-OH is 1. The molecule has 7 nitrogen and oxygen atoms in total. The number of rotatable bonds is 4. The Balaban J connectivity index is 1.94. The van der Waals surface area contributed by atoms with Crippen molar-refractivity contribution in [3.63, 3.8) is 0 Å². The largest absolute Gasteiger partial charge is 0.419 e. The highest BCUT2D eigenvalue weighted by molar-refractivity contribution is 5.97. The molecule has 2 N–H and O–H groups in total. The maximum absolute atomic E-state index is 12.5. The first-order chi connectivity index (χ1) is 10.7. The Kier molecular flexibility index (Phi) is 4.26. The lowest BCUT2D eigenvalue weighted by atomic mass is 10.1. The summed E-state index contributed by atoms with van der Waals surface area (Å²) in [5.74, 6) is -0.499. The van der Waals surface area contributed by atoms with Gasteiger partial charge in [-0.05, 0) is 24.6 Å². The van der Waals surface area contributed by atoms with Crippen molar-refractivity contribution in [2.24, 2.45) is 0 Å². The summed E-state index contributed by atoms with van der Waals surface area (Å²) < 4.78 is 6.63. The van der Waals surface area contributed by atoms with E-state index in [1.807, 2.05) is 0 Å². The number of carbonyl (C=O) groups is 1. The number of nitrogens with zero attached hydrogens (tertiary/aromatic N) is 2. The number of nitrogens with one attached hydrogen (secondary N) is 1. The van der Waals surface area contributed by atoms with Crippen LogP contribution in [0.1, 0.15) is 16.8 Å². The lowest BCUT2D eigenvalue weighted by Crippen LogP contribution is -2.46. The number of hydrogen-bond donors (Lipinski definition) is 2. The number of aliphatic hydroxyl groups is 1. The SMILES string of the molecule is O=C(c1ccc2oc(=O)n(CCCO)c2c1)N1CCNCC1. The second kappa shape index (κ2) is 6.33. The van der Waals surface area contributed by atoms with Crippen molar-refractivity contribution in [2.75, 3.05) is 32.8 Å². The van der Waals surface area contributed by atoms with Gasteiger partial charge in [-0.25, -0.2) is 4.79 Å². The van der Waals surface area contributed by atoms with Gasteiger partial charge in [0.05, 0.1) is 5.52 Å². The van der Waals surface area contributed by atoms with Gasteiger partial charge in [0.25, 0.3) is 5.91 Å². The van der Waals surface area contributed by atoms with Crippen LogP contribution in [-0.4, -0.2) is 53.3 Å². The van der Waals surface area contributed by atoms with Crippen molar-refractivity contribution in [1.82, 2.24) is 14.8 Å². The molecule has 1 aliphatic heterocycles. The number of oxazole rings is 1. The molecule has 1 aromatic carbocycles. The molecular weight excluding hydrogens is 286 g/mol. The summed E-state index contributed by atoms with van der Waals surface area (Å²) in [7, 11) is 0. The zero-order valence-corrected chi connectivity index (χ0v) is 12.2. The van der Waals surface area contributed by atoms with Crippen LogP contribution < -0.4 is 11.1 Å². The van der Waals surface area contributed by atoms with E-state index in [-0.39, 0.29) is 12.5 Å². The van der Waals surface area contributed by atoms with Gasteiger partial charge in [-0.3, -0.25) is 9.36 Å². The fraction of sp³-hybridized carbons (Fsp3) is 0.467. The van der Waals surface area contributed by atoms with E-state index in [4.69, 9.17) is 9.52 Å². The van der Waals surface area contributed by atoms with Crippen LogP contribution in [0.2, 0.25) is 0 Å². The van der Waals surface area contributed by atoms with Crippen molar-refractivity contribution < 1.29 is 14.3 Å². The van der Waals surface area contributed by atoms with Crippen molar-refractivity contribution in [3.8, 4) is 0 Å². The van der Waals surface area contributed by atoms with Crippen LogP contribution in [0.3, 0.4) is 0 Å². The van der Waals surface area contributed by atoms with Crippen LogP contribution >= 0.6 is 0 Å². The highest BCUT2D eigenvalue weighted by atomic mass is 16.4. The minimum atomic E-state index is -0.463. The van der Waals surface area contributed by atoms with Crippen LogP contribution in [0.5, 0.6) is 0 Å². The lowest BCUT2D eigenvalue weighted by molar-refractivity contribution is 0.0736. The Bertz CT molecular complexity index is 728. The Hall–Kier alpha value is -2.12. The van der Waals surface area contributed by atoms with Crippen molar-refractivity contribution in [2.45, 2.75) is 13.0 Å². The highest BCUT2D eigenvalue weighted by Crippen LogP contribution is 2.17.